The summed E-state index contributed by atoms with van der Waals surface area (Å²) in [4.78, 5) is 0. The Kier molecular flexibility index (Phi) is 10.5. The molecule has 0 spiro atoms. The molecule has 6 aromatic carbocycles. The molecule has 0 saturated heterocycles. The molecule has 1 unspecified atom stereocenters. The van der Waals surface area contributed by atoms with E-state index in [0.29, 0.717) is 37.9 Å². The Morgan fingerprint density at radius 3 is 1.39 bits per heavy atom. The van der Waals surface area contributed by atoms with Gasteiger partial charge in [0.1, 0.15) is 49.8 Å². The van der Waals surface area contributed by atoms with Crippen LogP contribution in [0.2, 0.25) is 0 Å². The van der Waals surface area contributed by atoms with Gasteiger partial charge in [-0.2, -0.15) is 0 Å². The Morgan fingerprint density at radius 2 is 0.902 bits per heavy atom. The van der Waals surface area contributed by atoms with Crippen molar-refractivity contribution >= 4 is 0 Å². The highest BCUT2D eigenvalue weighted by molar-refractivity contribution is 5.60. The standard InChI is InChI=1S/C46H44O5/c1-32-33(2)45(39-24-25-40(47-28-35-16-8-4-9-17-35)42(26-39)49-30-37-20-12-6-13-21-37)51-46-34(3)41(48-29-36-18-10-5-11-19-36)27-43(44(32)46)50-31-38-22-14-7-15-23-38/h4-27,32-33,45H,28-31H2,1-3H3/t32?,33-,45+/m1/s1. The summed E-state index contributed by atoms with van der Waals surface area (Å²) >= 11 is 0. The Balaban J connectivity index is 1.21. The Bertz CT molecular complexity index is 2010. The van der Waals surface area contributed by atoms with Crippen LogP contribution in [0.4, 0.5) is 0 Å². The smallest absolute Gasteiger partial charge is 0.162 e. The van der Waals surface area contributed by atoms with Crippen molar-refractivity contribution < 1.29 is 23.7 Å². The average molecular weight is 677 g/mol. The zero-order valence-corrected chi connectivity index (χ0v) is 29.5. The topological polar surface area (TPSA) is 46.2 Å². The summed E-state index contributed by atoms with van der Waals surface area (Å²) in [5, 5.41) is 0. The highest BCUT2D eigenvalue weighted by Crippen LogP contribution is 2.53. The van der Waals surface area contributed by atoms with Gasteiger partial charge in [-0.05, 0) is 52.8 Å². The second kappa shape index (κ2) is 15.9. The van der Waals surface area contributed by atoms with Gasteiger partial charge in [0, 0.05) is 23.1 Å². The first-order valence-electron chi connectivity index (χ1n) is 17.7. The minimum absolute atomic E-state index is 0.130. The predicted molar refractivity (Wildman–Crippen MR) is 202 cm³/mol. The highest BCUT2D eigenvalue weighted by Gasteiger charge is 2.38. The van der Waals surface area contributed by atoms with Gasteiger partial charge in [0.05, 0.1) is 0 Å². The fraction of sp³-hybridized carbons (Fsp3) is 0.217. The molecule has 0 amide bonds. The molecule has 0 fully saturated rings. The van der Waals surface area contributed by atoms with E-state index in [1.165, 1.54) is 0 Å². The third kappa shape index (κ3) is 8.05. The van der Waals surface area contributed by atoms with Gasteiger partial charge in [-0.15, -0.1) is 0 Å². The first kappa shape index (κ1) is 33.8. The quantitative estimate of drug-likeness (QED) is 0.122. The van der Waals surface area contributed by atoms with Gasteiger partial charge >= 0.3 is 0 Å². The SMILES string of the molecule is Cc1c(OCc2ccccc2)cc(OCc2ccccc2)c2c1O[C@H](c1ccc(OCc3ccccc3)c(OCc3ccccc3)c1)[C@H](C)C2C. The molecule has 7 rings (SSSR count). The zero-order chi connectivity index (χ0) is 35.0. The minimum atomic E-state index is -0.236. The van der Waals surface area contributed by atoms with Crippen LogP contribution in [0.1, 0.15) is 64.8 Å². The summed E-state index contributed by atoms with van der Waals surface area (Å²) in [6, 6.07) is 49.1. The van der Waals surface area contributed by atoms with E-state index in [1.54, 1.807) is 0 Å². The van der Waals surface area contributed by atoms with E-state index in [2.05, 4.69) is 81.4 Å². The van der Waals surface area contributed by atoms with E-state index < -0.39 is 0 Å². The third-order valence-electron chi connectivity index (χ3n) is 9.69. The van der Waals surface area contributed by atoms with E-state index >= 15 is 0 Å². The summed E-state index contributed by atoms with van der Waals surface area (Å²) in [6.45, 7) is 8.36. The average Bonchev–Trinajstić information content (AvgIpc) is 3.18. The molecule has 0 aliphatic carbocycles. The maximum absolute atomic E-state index is 7.05. The van der Waals surface area contributed by atoms with E-state index in [1.807, 2.05) is 84.9 Å². The lowest BCUT2D eigenvalue weighted by Gasteiger charge is -2.38. The highest BCUT2D eigenvalue weighted by atomic mass is 16.5. The Hall–Kier alpha value is -5.68. The van der Waals surface area contributed by atoms with Gasteiger partial charge in [0.15, 0.2) is 11.5 Å². The van der Waals surface area contributed by atoms with Crippen LogP contribution in [-0.2, 0) is 26.4 Å². The molecule has 6 aromatic rings. The maximum Gasteiger partial charge on any atom is 0.162 e. The molecule has 1 heterocycles. The lowest BCUT2D eigenvalue weighted by Crippen LogP contribution is -2.28. The molecule has 0 N–H and O–H groups in total. The van der Waals surface area contributed by atoms with Crippen molar-refractivity contribution in [1.82, 2.24) is 0 Å². The minimum Gasteiger partial charge on any atom is -0.488 e. The number of fused-ring (bicyclic) bond motifs is 1. The predicted octanol–water partition coefficient (Wildman–Crippen LogP) is 11.2. The van der Waals surface area contributed by atoms with Crippen molar-refractivity contribution in [3.8, 4) is 28.7 Å². The van der Waals surface area contributed by atoms with Crippen molar-refractivity contribution in [1.29, 1.82) is 0 Å². The molecule has 0 aromatic heterocycles. The third-order valence-corrected chi connectivity index (χ3v) is 9.69. The van der Waals surface area contributed by atoms with E-state index in [4.69, 9.17) is 23.7 Å². The number of hydrogen-bond acceptors (Lipinski definition) is 5. The van der Waals surface area contributed by atoms with Crippen LogP contribution in [-0.4, -0.2) is 0 Å². The molecule has 5 nitrogen and oxygen atoms in total. The van der Waals surface area contributed by atoms with Crippen LogP contribution in [0.3, 0.4) is 0 Å². The van der Waals surface area contributed by atoms with Crippen molar-refractivity contribution in [2.24, 2.45) is 5.92 Å². The number of ether oxygens (including phenoxy) is 5. The van der Waals surface area contributed by atoms with Crippen LogP contribution < -0.4 is 23.7 Å². The largest absolute Gasteiger partial charge is 0.488 e. The fourth-order valence-electron chi connectivity index (χ4n) is 6.59. The molecule has 1 aliphatic rings. The molecule has 5 heteroatoms. The van der Waals surface area contributed by atoms with Gasteiger partial charge in [-0.25, -0.2) is 0 Å². The van der Waals surface area contributed by atoms with E-state index in [-0.39, 0.29) is 17.9 Å². The molecule has 0 saturated carbocycles. The lowest BCUT2D eigenvalue weighted by molar-refractivity contribution is 0.101. The van der Waals surface area contributed by atoms with Gasteiger partial charge in [-0.1, -0.05) is 141 Å². The van der Waals surface area contributed by atoms with Crippen LogP contribution in [0.25, 0.3) is 0 Å². The lowest BCUT2D eigenvalue weighted by atomic mass is 9.78. The fourth-order valence-corrected chi connectivity index (χ4v) is 6.59. The van der Waals surface area contributed by atoms with Crippen LogP contribution in [0.15, 0.2) is 146 Å². The van der Waals surface area contributed by atoms with E-state index in [0.717, 1.165) is 56.2 Å². The second-order valence-electron chi connectivity index (χ2n) is 13.2. The molecule has 0 bridgehead atoms. The molecule has 3 atom stereocenters. The van der Waals surface area contributed by atoms with E-state index in [9.17, 15) is 0 Å². The maximum atomic E-state index is 7.05. The van der Waals surface area contributed by atoms with Crippen LogP contribution in [0, 0.1) is 12.8 Å². The molecular formula is C46H44O5. The number of benzene rings is 6. The molecular weight excluding hydrogens is 633 g/mol. The monoisotopic (exact) mass is 676 g/mol. The van der Waals surface area contributed by atoms with Crippen molar-refractivity contribution in [3.63, 3.8) is 0 Å². The summed E-state index contributed by atoms with van der Waals surface area (Å²) in [7, 11) is 0. The first-order valence-corrected chi connectivity index (χ1v) is 17.7. The van der Waals surface area contributed by atoms with Crippen molar-refractivity contribution in [2.75, 3.05) is 0 Å². The van der Waals surface area contributed by atoms with Gasteiger partial charge in [-0.3, -0.25) is 0 Å². The summed E-state index contributed by atoms with van der Waals surface area (Å²) < 4.78 is 32.9. The number of hydrogen-bond donors (Lipinski definition) is 0. The second-order valence-corrected chi connectivity index (χ2v) is 13.2. The first-order chi connectivity index (χ1) is 25.0. The van der Waals surface area contributed by atoms with Crippen LogP contribution in [0.5, 0.6) is 28.7 Å². The van der Waals surface area contributed by atoms with Crippen molar-refractivity contribution in [2.45, 2.75) is 59.2 Å². The molecule has 0 radical (unpaired) electrons. The molecule has 51 heavy (non-hydrogen) atoms. The summed E-state index contributed by atoms with van der Waals surface area (Å²) in [5.74, 6) is 3.99. The van der Waals surface area contributed by atoms with Crippen LogP contribution >= 0.6 is 0 Å². The van der Waals surface area contributed by atoms with Gasteiger partial charge in [0.2, 0.25) is 0 Å². The Labute approximate surface area is 301 Å². The molecule has 258 valence electrons. The molecule has 1 aliphatic heterocycles. The zero-order valence-electron chi connectivity index (χ0n) is 29.5. The van der Waals surface area contributed by atoms with Crippen molar-refractivity contribution in [3.05, 3.63) is 185 Å². The summed E-state index contributed by atoms with van der Waals surface area (Å²) in [6.07, 6.45) is -0.236. The Morgan fingerprint density at radius 1 is 0.471 bits per heavy atom. The van der Waals surface area contributed by atoms with Gasteiger partial charge < -0.3 is 23.7 Å². The van der Waals surface area contributed by atoms with Gasteiger partial charge in [0.25, 0.3) is 0 Å². The normalized spacial score (nSPS) is 16.4. The number of rotatable bonds is 13. The summed E-state index contributed by atoms with van der Waals surface area (Å²) in [5.41, 5.74) is 7.44.